The van der Waals surface area contributed by atoms with Crippen LogP contribution in [0.2, 0.25) is 0 Å². The molecule has 6 nitrogen and oxygen atoms in total. The van der Waals surface area contributed by atoms with E-state index in [1.807, 2.05) is 0 Å². The molecule has 0 atom stereocenters. The molecule has 2 heterocycles. The molecule has 6 heteroatoms. The molecule has 0 aromatic carbocycles. The highest BCUT2D eigenvalue weighted by Gasteiger charge is 2.14. The van der Waals surface area contributed by atoms with E-state index < -0.39 is 0 Å². The van der Waals surface area contributed by atoms with Gasteiger partial charge < -0.3 is 19.5 Å². The van der Waals surface area contributed by atoms with Gasteiger partial charge in [0.2, 0.25) is 5.88 Å². The fourth-order valence-electron chi connectivity index (χ4n) is 1.95. The highest BCUT2D eigenvalue weighted by Crippen LogP contribution is 2.19. The summed E-state index contributed by atoms with van der Waals surface area (Å²) in [6.07, 6.45) is 6.41. The van der Waals surface area contributed by atoms with Gasteiger partial charge in [-0.2, -0.15) is 4.98 Å². The summed E-state index contributed by atoms with van der Waals surface area (Å²) < 4.78 is 10.4. The van der Waals surface area contributed by atoms with Crippen LogP contribution in [0.3, 0.4) is 0 Å². The van der Waals surface area contributed by atoms with Crippen LogP contribution < -0.4 is 9.64 Å². The van der Waals surface area contributed by atoms with Crippen LogP contribution in [0.15, 0.2) is 24.0 Å². The summed E-state index contributed by atoms with van der Waals surface area (Å²) in [5.74, 6) is 1.24. The van der Waals surface area contributed by atoms with E-state index in [0.29, 0.717) is 12.5 Å². The van der Waals surface area contributed by atoms with Crippen molar-refractivity contribution in [3.63, 3.8) is 0 Å². The van der Waals surface area contributed by atoms with Gasteiger partial charge in [0.25, 0.3) is 0 Å². The minimum absolute atomic E-state index is 0.0290. The Kier molecular flexibility index (Phi) is 5.11. The van der Waals surface area contributed by atoms with E-state index in [1.54, 1.807) is 19.5 Å². The summed E-state index contributed by atoms with van der Waals surface area (Å²) in [4.78, 5) is 10.6. The molecule has 0 aliphatic carbocycles. The molecular formula is C13H19N3O3. The predicted octanol–water partition coefficient (Wildman–Crippen LogP) is 0.631. The van der Waals surface area contributed by atoms with Crippen molar-refractivity contribution < 1.29 is 14.6 Å². The van der Waals surface area contributed by atoms with E-state index >= 15 is 0 Å². The Bertz CT molecular complexity index is 437. The number of aromatic nitrogens is 2. The zero-order valence-electron chi connectivity index (χ0n) is 11.1. The molecule has 104 valence electrons. The average molecular weight is 265 g/mol. The van der Waals surface area contributed by atoms with Crippen molar-refractivity contribution in [3.8, 4) is 5.88 Å². The normalized spacial score (nSPS) is 15.3. The van der Waals surface area contributed by atoms with Crippen LogP contribution in [0.4, 0.5) is 5.82 Å². The number of hydrogen-bond donors (Lipinski definition) is 1. The summed E-state index contributed by atoms with van der Waals surface area (Å²) in [6, 6.07) is 0. The van der Waals surface area contributed by atoms with Gasteiger partial charge in [0.1, 0.15) is 6.61 Å². The number of methoxy groups -OCH3 is 1. The van der Waals surface area contributed by atoms with Gasteiger partial charge in [-0.05, 0) is 12.0 Å². The van der Waals surface area contributed by atoms with Crippen molar-refractivity contribution >= 4 is 5.82 Å². The molecule has 1 aromatic rings. The van der Waals surface area contributed by atoms with Crippen molar-refractivity contribution in [3.05, 3.63) is 24.0 Å². The average Bonchev–Trinajstić information content (AvgIpc) is 2.46. The Morgan fingerprint density at radius 2 is 2.32 bits per heavy atom. The lowest BCUT2D eigenvalue weighted by Gasteiger charge is -2.27. The lowest BCUT2D eigenvalue weighted by atomic mass is 10.1. The Labute approximate surface area is 112 Å². The largest absolute Gasteiger partial charge is 0.474 e. The van der Waals surface area contributed by atoms with Gasteiger partial charge in [0.15, 0.2) is 5.82 Å². The number of aliphatic hydroxyl groups is 1. The Morgan fingerprint density at radius 3 is 3.00 bits per heavy atom. The summed E-state index contributed by atoms with van der Waals surface area (Å²) >= 11 is 0. The molecule has 0 spiro atoms. The van der Waals surface area contributed by atoms with E-state index in [-0.39, 0.29) is 13.2 Å². The lowest BCUT2D eigenvalue weighted by Crippen LogP contribution is -2.30. The van der Waals surface area contributed by atoms with Crippen molar-refractivity contribution in [1.29, 1.82) is 0 Å². The second-order valence-corrected chi connectivity index (χ2v) is 4.28. The molecule has 1 N–H and O–H groups in total. The third kappa shape index (κ3) is 3.90. The Morgan fingerprint density at radius 1 is 1.42 bits per heavy atom. The van der Waals surface area contributed by atoms with Crippen LogP contribution in [0.1, 0.15) is 6.42 Å². The first-order chi connectivity index (χ1) is 9.33. The van der Waals surface area contributed by atoms with Crippen molar-refractivity contribution in [2.75, 3.05) is 44.9 Å². The van der Waals surface area contributed by atoms with Crippen LogP contribution in [-0.4, -0.2) is 55.1 Å². The highest BCUT2D eigenvalue weighted by molar-refractivity contribution is 5.40. The van der Waals surface area contributed by atoms with Crippen molar-refractivity contribution in [2.24, 2.45) is 0 Å². The molecule has 0 radical (unpaired) electrons. The van der Waals surface area contributed by atoms with E-state index in [4.69, 9.17) is 14.6 Å². The molecular weight excluding hydrogens is 246 g/mol. The second kappa shape index (κ2) is 7.06. The van der Waals surface area contributed by atoms with Gasteiger partial charge in [-0.25, -0.2) is 0 Å². The van der Waals surface area contributed by atoms with E-state index in [0.717, 1.165) is 25.3 Å². The molecule has 0 fully saturated rings. The van der Waals surface area contributed by atoms with Crippen LogP contribution in [0.5, 0.6) is 5.88 Å². The summed E-state index contributed by atoms with van der Waals surface area (Å²) in [7, 11) is 1.71. The van der Waals surface area contributed by atoms with E-state index in [1.165, 1.54) is 5.57 Å². The molecule has 1 aromatic heterocycles. The lowest BCUT2D eigenvalue weighted by molar-refractivity contribution is 0.196. The van der Waals surface area contributed by atoms with E-state index in [2.05, 4.69) is 20.9 Å². The molecule has 1 aliphatic rings. The Balaban J connectivity index is 1.99. The Hall–Kier alpha value is -1.66. The molecule has 0 amide bonds. The number of aliphatic hydroxyl groups excluding tert-OH is 1. The highest BCUT2D eigenvalue weighted by atomic mass is 16.5. The van der Waals surface area contributed by atoms with Gasteiger partial charge >= 0.3 is 0 Å². The minimum atomic E-state index is -0.0290. The van der Waals surface area contributed by atoms with E-state index in [9.17, 15) is 0 Å². The first kappa shape index (κ1) is 13.8. The topological polar surface area (TPSA) is 67.7 Å². The maximum absolute atomic E-state index is 8.72. The molecule has 0 saturated carbocycles. The second-order valence-electron chi connectivity index (χ2n) is 4.28. The van der Waals surface area contributed by atoms with Gasteiger partial charge in [-0.1, -0.05) is 6.08 Å². The maximum Gasteiger partial charge on any atom is 0.234 e. The fraction of sp³-hybridized carbons (Fsp3) is 0.538. The smallest absolute Gasteiger partial charge is 0.234 e. The van der Waals surface area contributed by atoms with Crippen LogP contribution in [-0.2, 0) is 4.74 Å². The SMILES string of the molecule is COCC1=CCN(c2cncc(OCCO)n2)CC1. The van der Waals surface area contributed by atoms with Gasteiger partial charge in [-0.3, -0.25) is 4.98 Å². The number of ether oxygens (including phenoxy) is 2. The third-order valence-corrected chi connectivity index (χ3v) is 2.90. The molecule has 19 heavy (non-hydrogen) atoms. The van der Waals surface area contributed by atoms with Gasteiger partial charge in [-0.15, -0.1) is 0 Å². The zero-order valence-corrected chi connectivity index (χ0v) is 11.1. The first-order valence-corrected chi connectivity index (χ1v) is 6.31. The standard InChI is InChI=1S/C13H19N3O3/c1-18-10-11-2-4-16(5-3-11)12-8-14-9-13(15-12)19-7-6-17/h2,8-9,17H,3-7,10H2,1H3. The quantitative estimate of drug-likeness (QED) is 0.761. The number of hydrogen-bond acceptors (Lipinski definition) is 6. The summed E-state index contributed by atoms with van der Waals surface area (Å²) in [5, 5.41) is 8.72. The number of anilines is 1. The van der Waals surface area contributed by atoms with Crippen molar-refractivity contribution in [1.82, 2.24) is 9.97 Å². The number of nitrogens with zero attached hydrogens (tertiary/aromatic N) is 3. The fourth-order valence-corrected chi connectivity index (χ4v) is 1.95. The molecule has 1 aliphatic heterocycles. The summed E-state index contributed by atoms with van der Waals surface area (Å²) in [5.41, 5.74) is 1.32. The van der Waals surface area contributed by atoms with Crippen molar-refractivity contribution in [2.45, 2.75) is 6.42 Å². The van der Waals surface area contributed by atoms with Crippen LogP contribution >= 0.6 is 0 Å². The van der Waals surface area contributed by atoms with Gasteiger partial charge in [0, 0.05) is 20.2 Å². The third-order valence-electron chi connectivity index (χ3n) is 2.90. The molecule has 0 unspecified atom stereocenters. The summed E-state index contributed by atoms with van der Waals surface area (Å²) in [6.45, 7) is 2.60. The number of rotatable bonds is 6. The first-order valence-electron chi connectivity index (χ1n) is 6.31. The maximum atomic E-state index is 8.72. The van der Waals surface area contributed by atoms with Gasteiger partial charge in [0.05, 0.1) is 25.6 Å². The van der Waals surface area contributed by atoms with Crippen LogP contribution in [0.25, 0.3) is 0 Å². The van der Waals surface area contributed by atoms with Crippen LogP contribution in [0, 0.1) is 0 Å². The molecule has 2 rings (SSSR count). The minimum Gasteiger partial charge on any atom is -0.474 e. The predicted molar refractivity (Wildman–Crippen MR) is 71.4 cm³/mol. The molecule has 0 saturated heterocycles. The molecule has 0 bridgehead atoms. The monoisotopic (exact) mass is 265 g/mol. The zero-order chi connectivity index (χ0) is 13.5.